The molecule has 3 heteroatoms. The number of aldehydes is 1. The Morgan fingerprint density at radius 2 is 2.15 bits per heavy atom. The molecule has 2 nitrogen and oxygen atoms in total. The van der Waals surface area contributed by atoms with Crippen LogP contribution in [0.3, 0.4) is 0 Å². The Morgan fingerprint density at radius 1 is 1.46 bits per heavy atom. The van der Waals surface area contributed by atoms with Gasteiger partial charge in [-0.1, -0.05) is 30.4 Å². The fourth-order valence-corrected chi connectivity index (χ4v) is 1.13. The standard InChI is InChI=1S/C10H11NOS/c1-11(2)10(13)9-5-3-4-8(6-9)7-12/h3-7H,1-2H3. The Morgan fingerprint density at radius 3 is 2.69 bits per heavy atom. The van der Waals surface area contributed by atoms with Crippen LogP contribution in [0.5, 0.6) is 0 Å². The zero-order valence-electron chi connectivity index (χ0n) is 7.65. The third-order valence-electron chi connectivity index (χ3n) is 1.68. The topological polar surface area (TPSA) is 20.3 Å². The normalized spacial score (nSPS) is 9.38. The van der Waals surface area contributed by atoms with E-state index in [0.29, 0.717) is 5.56 Å². The predicted molar refractivity (Wildman–Crippen MR) is 57.2 cm³/mol. The highest BCUT2D eigenvalue weighted by Gasteiger charge is 2.02. The van der Waals surface area contributed by atoms with Gasteiger partial charge in [-0.3, -0.25) is 4.79 Å². The summed E-state index contributed by atoms with van der Waals surface area (Å²) < 4.78 is 0. The Labute approximate surface area is 83.2 Å². The zero-order chi connectivity index (χ0) is 9.84. The van der Waals surface area contributed by atoms with Gasteiger partial charge in [-0.25, -0.2) is 0 Å². The van der Waals surface area contributed by atoms with Crippen LogP contribution in [-0.2, 0) is 0 Å². The van der Waals surface area contributed by atoms with Gasteiger partial charge in [0, 0.05) is 25.2 Å². The van der Waals surface area contributed by atoms with E-state index in [2.05, 4.69) is 0 Å². The van der Waals surface area contributed by atoms with Gasteiger partial charge in [0.25, 0.3) is 0 Å². The highest BCUT2D eigenvalue weighted by Crippen LogP contribution is 2.06. The number of thiocarbonyl (C=S) groups is 1. The van der Waals surface area contributed by atoms with Crippen molar-refractivity contribution in [3.8, 4) is 0 Å². The molecule has 0 aliphatic rings. The second-order valence-corrected chi connectivity index (χ2v) is 3.33. The van der Waals surface area contributed by atoms with Gasteiger partial charge in [-0.2, -0.15) is 0 Å². The lowest BCUT2D eigenvalue weighted by Gasteiger charge is -2.13. The largest absolute Gasteiger partial charge is 0.368 e. The molecule has 1 aromatic carbocycles. The molecule has 0 amide bonds. The Bertz CT molecular complexity index is 333. The number of carbonyl (C=O) groups excluding carboxylic acids is 1. The molecular formula is C10H11NOS. The van der Waals surface area contributed by atoms with Gasteiger partial charge in [0.15, 0.2) is 0 Å². The lowest BCUT2D eigenvalue weighted by atomic mass is 10.1. The number of hydrogen-bond acceptors (Lipinski definition) is 2. The molecule has 0 bridgehead atoms. The van der Waals surface area contributed by atoms with Crippen LogP contribution in [0.15, 0.2) is 24.3 Å². The first-order valence-electron chi connectivity index (χ1n) is 3.92. The molecule has 0 atom stereocenters. The van der Waals surface area contributed by atoms with Crippen molar-refractivity contribution in [3.63, 3.8) is 0 Å². The molecule has 0 fully saturated rings. The first-order valence-corrected chi connectivity index (χ1v) is 4.33. The van der Waals surface area contributed by atoms with E-state index in [1.54, 1.807) is 12.1 Å². The summed E-state index contributed by atoms with van der Waals surface area (Å²) in [4.78, 5) is 13.1. The van der Waals surface area contributed by atoms with Gasteiger partial charge in [0.05, 0.1) is 0 Å². The molecule has 0 aromatic heterocycles. The Balaban J connectivity index is 3.01. The summed E-state index contributed by atoms with van der Waals surface area (Å²) in [5.41, 5.74) is 1.56. The summed E-state index contributed by atoms with van der Waals surface area (Å²) in [5.74, 6) is 0. The molecule has 1 rings (SSSR count). The van der Waals surface area contributed by atoms with Crippen molar-refractivity contribution in [1.82, 2.24) is 4.90 Å². The SMILES string of the molecule is CN(C)C(=S)c1cccc(C=O)c1. The van der Waals surface area contributed by atoms with E-state index in [1.165, 1.54) is 0 Å². The maximum absolute atomic E-state index is 10.5. The van der Waals surface area contributed by atoms with Crippen LogP contribution in [0, 0.1) is 0 Å². The van der Waals surface area contributed by atoms with Gasteiger partial charge in [0.1, 0.15) is 11.3 Å². The van der Waals surface area contributed by atoms with Crippen LogP contribution in [0.4, 0.5) is 0 Å². The molecule has 0 radical (unpaired) electrons. The van der Waals surface area contributed by atoms with Crippen molar-refractivity contribution in [2.45, 2.75) is 0 Å². The first-order chi connectivity index (χ1) is 6.15. The van der Waals surface area contributed by atoms with Gasteiger partial charge in [0.2, 0.25) is 0 Å². The Kier molecular flexibility index (Phi) is 3.14. The van der Waals surface area contributed by atoms with Gasteiger partial charge in [-0.15, -0.1) is 0 Å². The first kappa shape index (κ1) is 9.86. The molecule has 0 N–H and O–H groups in total. The molecule has 68 valence electrons. The van der Waals surface area contributed by atoms with E-state index in [4.69, 9.17) is 12.2 Å². The van der Waals surface area contributed by atoms with Gasteiger partial charge >= 0.3 is 0 Å². The number of carbonyl (C=O) groups is 1. The molecule has 0 aliphatic heterocycles. The molecule has 0 saturated carbocycles. The fourth-order valence-electron chi connectivity index (χ4n) is 1.00. The predicted octanol–water partition coefficient (Wildman–Crippen LogP) is 1.74. The number of hydrogen-bond donors (Lipinski definition) is 0. The third kappa shape index (κ3) is 2.36. The molecule has 0 spiro atoms. The Hall–Kier alpha value is -1.22. The third-order valence-corrected chi connectivity index (χ3v) is 2.28. The van der Waals surface area contributed by atoms with Crippen LogP contribution in [0.25, 0.3) is 0 Å². The van der Waals surface area contributed by atoms with E-state index < -0.39 is 0 Å². The minimum atomic E-state index is 0.654. The average Bonchev–Trinajstić information content (AvgIpc) is 2.16. The molecule has 0 unspecified atom stereocenters. The molecular weight excluding hydrogens is 182 g/mol. The van der Waals surface area contributed by atoms with E-state index in [1.807, 2.05) is 31.1 Å². The lowest BCUT2D eigenvalue weighted by molar-refractivity contribution is 0.112. The number of benzene rings is 1. The van der Waals surface area contributed by atoms with E-state index in [9.17, 15) is 4.79 Å². The van der Waals surface area contributed by atoms with Crippen molar-refractivity contribution in [1.29, 1.82) is 0 Å². The highest BCUT2D eigenvalue weighted by atomic mass is 32.1. The average molecular weight is 193 g/mol. The summed E-state index contributed by atoms with van der Waals surface area (Å²) in [5, 5.41) is 0. The van der Waals surface area contributed by atoms with E-state index in [0.717, 1.165) is 16.8 Å². The smallest absolute Gasteiger partial charge is 0.150 e. The lowest BCUT2D eigenvalue weighted by Crippen LogP contribution is -2.20. The summed E-state index contributed by atoms with van der Waals surface area (Å²) in [6.07, 6.45) is 0.821. The van der Waals surface area contributed by atoms with Crippen molar-refractivity contribution in [3.05, 3.63) is 35.4 Å². The summed E-state index contributed by atoms with van der Waals surface area (Å²) in [7, 11) is 3.77. The second kappa shape index (κ2) is 4.14. The van der Waals surface area contributed by atoms with Crippen molar-refractivity contribution < 1.29 is 4.79 Å². The summed E-state index contributed by atoms with van der Waals surface area (Å²) in [6, 6.07) is 7.27. The van der Waals surface area contributed by atoms with Gasteiger partial charge in [-0.05, 0) is 6.07 Å². The quantitative estimate of drug-likeness (QED) is 0.527. The minimum Gasteiger partial charge on any atom is -0.368 e. The molecule has 0 heterocycles. The monoisotopic (exact) mass is 193 g/mol. The van der Waals surface area contributed by atoms with Crippen molar-refractivity contribution >= 4 is 23.5 Å². The molecule has 0 aliphatic carbocycles. The summed E-state index contributed by atoms with van der Waals surface area (Å²) in [6.45, 7) is 0. The van der Waals surface area contributed by atoms with Crippen LogP contribution < -0.4 is 0 Å². The van der Waals surface area contributed by atoms with E-state index in [-0.39, 0.29) is 0 Å². The number of rotatable bonds is 2. The van der Waals surface area contributed by atoms with Crippen LogP contribution in [-0.4, -0.2) is 30.3 Å². The fraction of sp³-hybridized carbons (Fsp3) is 0.200. The van der Waals surface area contributed by atoms with Gasteiger partial charge < -0.3 is 4.90 Å². The van der Waals surface area contributed by atoms with Crippen LogP contribution >= 0.6 is 12.2 Å². The van der Waals surface area contributed by atoms with Crippen molar-refractivity contribution in [2.75, 3.05) is 14.1 Å². The zero-order valence-corrected chi connectivity index (χ0v) is 8.47. The maximum Gasteiger partial charge on any atom is 0.150 e. The summed E-state index contributed by atoms with van der Waals surface area (Å²) >= 11 is 5.16. The maximum atomic E-state index is 10.5. The van der Waals surface area contributed by atoms with Crippen LogP contribution in [0.2, 0.25) is 0 Å². The van der Waals surface area contributed by atoms with Crippen LogP contribution in [0.1, 0.15) is 15.9 Å². The van der Waals surface area contributed by atoms with Crippen molar-refractivity contribution in [2.24, 2.45) is 0 Å². The molecule has 1 aromatic rings. The highest BCUT2D eigenvalue weighted by molar-refractivity contribution is 7.80. The molecule has 13 heavy (non-hydrogen) atoms. The number of nitrogens with zero attached hydrogens (tertiary/aromatic N) is 1. The second-order valence-electron chi connectivity index (χ2n) is 2.94. The van der Waals surface area contributed by atoms with E-state index >= 15 is 0 Å². The molecule has 0 saturated heterocycles. The minimum absolute atomic E-state index is 0.654.